The third-order valence-electron chi connectivity index (χ3n) is 5.49. The topological polar surface area (TPSA) is 63.3 Å². The molecule has 2 aromatic rings. The van der Waals surface area contributed by atoms with Gasteiger partial charge in [-0.1, -0.05) is 18.5 Å². The average Bonchev–Trinajstić information content (AvgIpc) is 3.24. The second-order valence-corrected chi connectivity index (χ2v) is 8.01. The highest BCUT2D eigenvalue weighted by atomic mass is 35.5. The summed E-state index contributed by atoms with van der Waals surface area (Å²) < 4.78 is 7.25. The van der Waals surface area contributed by atoms with Gasteiger partial charge < -0.3 is 14.6 Å². The highest BCUT2D eigenvalue weighted by Gasteiger charge is 2.22. The molecule has 1 N–H and O–H groups in total. The molecule has 1 aliphatic heterocycles. The van der Waals surface area contributed by atoms with Crippen LogP contribution in [0.25, 0.3) is 0 Å². The van der Waals surface area contributed by atoms with Crippen molar-refractivity contribution in [2.24, 2.45) is 13.0 Å². The number of nitrogens with one attached hydrogen (secondary N) is 1. The molecule has 0 aromatic carbocycles. The van der Waals surface area contributed by atoms with E-state index in [1.54, 1.807) is 7.05 Å². The van der Waals surface area contributed by atoms with Crippen LogP contribution in [0.15, 0.2) is 22.7 Å². The summed E-state index contributed by atoms with van der Waals surface area (Å²) in [6.45, 7) is 8.15. The third-order valence-corrected chi connectivity index (χ3v) is 5.77. The maximum absolute atomic E-state index is 12.3. The minimum absolute atomic E-state index is 0.148. The van der Waals surface area contributed by atoms with Crippen molar-refractivity contribution >= 4 is 17.5 Å². The lowest BCUT2D eigenvalue weighted by Gasteiger charge is -2.32. The number of nitrogens with zero attached hydrogens (tertiary/aromatic N) is 3. The number of hydrogen-bond acceptors (Lipinski definition) is 4. The zero-order valence-electron chi connectivity index (χ0n) is 16.4. The normalized spacial score (nSPS) is 17.2. The van der Waals surface area contributed by atoms with Gasteiger partial charge in [-0.2, -0.15) is 5.10 Å². The summed E-state index contributed by atoms with van der Waals surface area (Å²) >= 11 is 6.03. The van der Waals surface area contributed by atoms with Crippen molar-refractivity contribution in [3.05, 3.63) is 40.6 Å². The molecule has 3 rings (SSSR count). The summed E-state index contributed by atoms with van der Waals surface area (Å²) in [4.78, 5) is 14.8. The zero-order valence-corrected chi connectivity index (χ0v) is 17.1. The van der Waals surface area contributed by atoms with Gasteiger partial charge in [-0.05, 0) is 63.9 Å². The van der Waals surface area contributed by atoms with Crippen molar-refractivity contribution in [2.45, 2.75) is 39.0 Å². The first-order valence-corrected chi connectivity index (χ1v) is 10.1. The van der Waals surface area contributed by atoms with Crippen molar-refractivity contribution in [3.63, 3.8) is 0 Å². The predicted molar refractivity (Wildman–Crippen MR) is 106 cm³/mol. The van der Waals surface area contributed by atoms with E-state index in [1.807, 2.05) is 13.0 Å². The van der Waals surface area contributed by atoms with E-state index in [0.717, 1.165) is 50.4 Å². The monoisotopic (exact) mass is 392 g/mol. The standard InChI is InChI=1S/C20H29ClN4O2/c1-14(18-5-4-15(2)27-18)6-9-25-10-7-16(8-11-25)12-22-20(26)19-17(21)13-23-24(19)3/h4-5,13-14,16H,6-12H2,1-3H3,(H,22,26). The Bertz CT molecular complexity index is 742. The molecule has 0 saturated carbocycles. The Morgan fingerprint density at radius 3 is 2.74 bits per heavy atom. The molecule has 27 heavy (non-hydrogen) atoms. The number of rotatable bonds is 7. The van der Waals surface area contributed by atoms with Crippen LogP contribution < -0.4 is 5.32 Å². The fourth-order valence-corrected chi connectivity index (χ4v) is 3.89. The van der Waals surface area contributed by atoms with E-state index in [1.165, 1.54) is 10.9 Å². The highest BCUT2D eigenvalue weighted by molar-refractivity contribution is 6.33. The molecule has 0 aliphatic carbocycles. The fraction of sp³-hybridized carbons (Fsp3) is 0.600. The highest BCUT2D eigenvalue weighted by Crippen LogP contribution is 2.23. The number of furan rings is 1. The average molecular weight is 393 g/mol. The maximum Gasteiger partial charge on any atom is 0.271 e. The Morgan fingerprint density at radius 2 is 2.15 bits per heavy atom. The van der Waals surface area contributed by atoms with Gasteiger partial charge in [0.25, 0.3) is 5.91 Å². The van der Waals surface area contributed by atoms with Gasteiger partial charge in [0.1, 0.15) is 17.2 Å². The number of carbonyl (C=O) groups excluding carboxylic acids is 1. The van der Waals surface area contributed by atoms with Gasteiger partial charge in [0.2, 0.25) is 0 Å². The number of amides is 1. The second kappa shape index (κ2) is 8.93. The lowest BCUT2D eigenvalue weighted by molar-refractivity contribution is 0.0926. The molecule has 1 aliphatic rings. The molecule has 1 atom stereocenters. The van der Waals surface area contributed by atoms with Gasteiger partial charge in [-0.15, -0.1) is 0 Å². The van der Waals surface area contributed by atoms with Crippen LogP contribution in [0.3, 0.4) is 0 Å². The zero-order chi connectivity index (χ0) is 19.4. The van der Waals surface area contributed by atoms with Gasteiger partial charge in [0, 0.05) is 19.5 Å². The molecule has 148 valence electrons. The van der Waals surface area contributed by atoms with E-state index in [0.29, 0.717) is 29.1 Å². The smallest absolute Gasteiger partial charge is 0.271 e. The van der Waals surface area contributed by atoms with E-state index in [9.17, 15) is 4.79 Å². The maximum atomic E-state index is 12.3. The molecule has 1 unspecified atom stereocenters. The first-order valence-electron chi connectivity index (χ1n) is 9.68. The van der Waals surface area contributed by atoms with Gasteiger partial charge in [0.05, 0.1) is 11.2 Å². The number of halogens is 1. The molecule has 2 aromatic heterocycles. The van der Waals surface area contributed by atoms with Crippen LogP contribution in [0.1, 0.15) is 54.1 Å². The largest absolute Gasteiger partial charge is 0.466 e. The summed E-state index contributed by atoms with van der Waals surface area (Å²) in [6.07, 6.45) is 4.81. The van der Waals surface area contributed by atoms with Crippen LogP contribution in [0.4, 0.5) is 0 Å². The minimum Gasteiger partial charge on any atom is -0.466 e. The summed E-state index contributed by atoms with van der Waals surface area (Å²) in [5.41, 5.74) is 0.427. The van der Waals surface area contributed by atoms with Gasteiger partial charge in [-0.25, -0.2) is 0 Å². The molecule has 7 heteroatoms. The molecular weight excluding hydrogens is 364 g/mol. The first kappa shape index (κ1) is 20.0. The lowest BCUT2D eigenvalue weighted by atomic mass is 9.96. The van der Waals surface area contributed by atoms with Gasteiger partial charge in [0.15, 0.2) is 0 Å². The molecule has 1 amide bonds. The predicted octanol–water partition coefficient (Wildman–Crippen LogP) is 3.61. The van der Waals surface area contributed by atoms with Crippen molar-refractivity contribution in [3.8, 4) is 0 Å². The molecule has 0 spiro atoms. The Hall–Kier alpha value is -1.79. The lowest BCUT2D eigenvalue weighted by Crippen LogP contribution is -2.39. The summed E-state index contributed by atoms with van der Waals surface area (Å²) in [5, 5.41) is 7.41. The Balaban J connectivity index is 1.37. The SMILES string of the molecule is Cc1ccc(C(C)CCN2CCC(CNC(=O)c3c(Cl)cnn3C)CC2)o1. The molecule has 0 radical (unpaired) electrons. The number of aromatic nitrogens is 2. The van der Waals surface area contributed by atoms with Crippen molar-refractivity contribution in [1.82, 2.24) is 20.0 Å². The number of likely N-dealkylation sites (tertiary alicyclic amines) is 1. The Kier molecular flexibility index (Phi) is 6.60. The van der Waals surface area contributed by atoms with Crippen LogP contribution in [-0.2, 0) is 7.05 Å². The summed E-state index contributed by atoms with van der Waals surface area (Å²) in [7, 11) is 1.73. The molecule has 3 heterocycles. The molecule has 0 bridgehead atoms. The molecule has 1 fully saturated rings. The van der Waals surface area contributed by atoms with Crippen LogP contribution in [0.2, 0.25) is 5.02 Å². The summed E-state index contributed by atoms with van der Waals surface area (Å²) in [5.74, 6) is 2.87. The number of hydrogen-bond donors (Lipinski definition) is 1. The van der Waals surface area contributed by atoms with Crippen molar-refractivity contribution in [2.75, 3.05) is 26.2 Å². The minimum atomic E-state index is -0.148. The van der Waals surface area contributed by atoms with E-state index in [2.05, 4.69) is 28.3 Å². The first-order chi connectivity index (χ1) is 12.9. The number of carbonyl (C=O) groups is 1. The van der Waals surface area contributed by atoms with Crippen LogP contribution in [-0.4, -0.2) is 46.8 Å². The Labute approximate surface area is 165 Å². The van der Waals surface area contributed by atoms with Crippen LogP contribution >= 0.6 is 11.6 Å². The molecule has 6 nitrogen and oxygen atoms in total. The van der Waals surface area contributed by atoms with Crippen LogP contribution in [0.5, 0.6) is 0 Å². The van der Waals surface area contributed by atoms with E-state index in [-0.39, 0.29) is 5.91 Å². The third kappa shape index (κ3) is 5.14. The van der Waals surface area contributed by atoms with Crippen molar-refractivity contribution in [1.29, 1.82) is 0 Å². The van der Waals surface area contributed by atoms with Crippen molar-refractivity contribution < 1.29 is 9.21 Å². The number of piperidine rings is 1. The molecular formula is C20H29ClN4O2. The van der Waals surface area contributed by atoms with Gasteiger partial charge >= 0.3 is 0 Å². The fourth-order valence-electron chi connectivity index (χ4n) is 3.64. The number of aryl methyl sites for hydroxylation is 2. The summed E-state index contributed by atoms with van der Waals surface area (Å²) in [6, 6.07) is 4.12. The van der Waals surface area contributed by atoms with Crippen LogP contribution in [0, 0.1) is 12.8 Å². The van der Waals surface area contributed by atoms with E-state index in [4.69, 9.17) is 16.0 Å². The molecule has 1 saturated heterocycles. The quantitative estimate of drug-likeness (QED) is 0.781. The van der Waals surface area contributed by atoms with E-state index < -0.39 is 0 Å². The second-order valence-electron chi connectivity index (χ2n) is 7.60. The van der Waals surface area contributed by atoms with E-state index >= 15 is 0 Å². The van der Waals surface area contributed by atoms with Gasteiger partial charge in [-0.3, -0.25) is 9.48 Å². The Morgan fingerprint density at radius 1 is 1.41 bits per heavy atom.